The van der Waals surface area contributed by atoms with Gasteiger partial charge < -0.3 is 9.84 Å². The summed E-state index contributed by atoms with van der Waals surface area (Å²) < 4.78 is 33.9. The maximum Gasteiger partial charge on any atom is 0.410 e. The molecule has 1 unspecified atom stereocenters. The highest BCUT2D eigenvalue weighted by atomic mass is 35.5. The first-order valence-corrected chi connectivity index (χ1v) is 9.75. The van der Waals surface area contributed by atoms with Gasteiger partial charge in [0.1, 0.15) is 24.0 Å². The quantitative estimate of drug-likeness (QED) is 0.589. The summed E-state index contributed by atoms with van der Waals surface area (Å²) in [6.07, 6.45) is -0.460. The monoisotopic (exact) mass is 429 g/mol. The van der Waals surface area contributed by atoms with Crippen molar-refractivity contribution in [3.05, 3.63) is 99.6 Å². The van der Waals surface area contributed by atoms with Gasteiger partial charge in [-0.3, -0.25) is 4.90 Å². The number of hydrogen-bond acceptors (Lipinski definition) is 3. The molecule has 0 aliphatic carbocycles. The summed E-state index contributed by atoms with van der Waals surface area (Å²) in [5, 5.41) is 10.8. The Morgan fingerprint density at radius 1 is 1.10 bits per heavy atom. The SMILES string of the molecule is O=C(OCc1ccccc1)N1CCc2c(F)cc(F)cc2C1c1cc(Cl)ccc1O. The summed E-state index contributed by atoms with van der Waals surface area (Å²) in [7, 11) is 0. The van der Waals surface area contributed by atoms with Crippen LogP contribution in [0.2, 0.25) is 5.02 Å². The van der Waals surface area contributed by atoms with E-state index in [-0.39, 0.29) is 36.4 Å². The molecule has 1 heterocycles. The van der Waals surface area contributed by atoms with Gasteiger partial charge in [0.05, 0.1) is 6.04 Å². The van der Waals surface area contributed by atoms with Crippen LogP contribution in [0, 0.1) is 11.6 Å². The van der Waals surface area contributed by atoms with Crippen molar-refractivity contribution in [3.63, 3.8) is 0 Å². The molecule has 0 bridgehead atoms. The van der Waals surface area contributed by atoms with Crippen LogP contribution in [0.3, 0.4) is 0 Å². The number of rotatable bonds is 3. The van der Waals surface area contributed by atoms with Crippen LogP contribution in [0.1, 0.15) is 28.3 Å². The Morgan fingerprint density at radius 3 is 2.63 bits per heavy atom. The molecule has 1 atom stereocenters. The average Bonchev–Trinajstić information content (AvgIpc) is 2.73. The Morgan fingerprint density at radius 2 is 1.87 bits per heavy atom. The van der Waals surface area contributed by atoms with E-state index in [0.29, 0.717) is 10.6 Å². The lowest BCUT2D eigenvalue weighted by atomic mass is 9.87. The number of fused-ring (bicyclic) bond motifs is 1. The van der Waals surface area contributed by atoms with Crippen LogP contribution < -0.4 is 0 Å². The number of ether oxygens (including phenoxy) is 1. The molecular formula is C23H18ClF2NO3. The van der Waals surface area contributed by atoms with Crippen molar-refractivity contribution in [2.75, 3.05) is 6.54 Å². The zero-order valence-corrected chi connectivity index (χ0v) is 16.6. The number of phenols is 1. The van der Waals surface area contributed by atoms with Crippen LogP contribution in [0.15, 0.2) is 60.7 Å². The number of benzene rings is 3. The molecule has 0 spiro atoms. The van der Waals surface area contributed by atoms with E-state index in [4.69, 9.17) is 16.3 Å². The fraction of sp³-hybridized carbons (Fsp3) is 0.174. The standard InChI is InChI=1S/C23H18ClF2NO3/c24-15-6-7-21(28)19(10-15)22-18-11-16(25)12-20(26)17(18)8-9-27(22)23(29)30-13-14-4-2-1-3-5-14/h1-7,10-12,22,28H,8-9,13H2. The van der Waals surface area contributed by atoms with Gasteiger partial charge in [-0.1, -0.05) is 41.9 Å². The van der Waals surface area contributed by atoms with E-state index in [1.165, 1.54) is 29.2 Å². The molecule has 7 heteroatoms. The van der Waals surface area contributed by atoms with Crippen molar-refractivity contribution in [1.29, 1.82) is 0 Å². The van der Waals surface area contributed by atoms with Gasteiger partial charge in [-0.15, -0.1) is 0 Å². The fourth-order valence-corrected chi connectivity index (χ4v) is 3.92. The largest absolute Gasteiger partial charge is 0.508 e. The van der Waals surface area contributed by atoms with E-state index >= 15 is 0 Å². The molecule has 3 aromatic rings. The third-order valence-corrected chi connectivity index (χ3v) is 5.36. The molecule has 30 heavy (non-hydrogen) atoms. The highest BCUT2D eigenvalue weighted by Gasteiger charge is 2.36. The first-order valence-electron chi connectivity index (χ1n) is 9.37. The number of aromatic hydroxyl groups is 1. The third kappa shape index (κ3) is 3.96. The van der Waals surface area contributed by atoms with E-state index in [0.717, 1.165) is 11.6 Å². The van der Waals surface area contributed by atoms with Crippen molar-refractivity contribution >= 4 is 17.7 Å². The Balaban J connectivity index is 1.73. The highest BCUT2D eigenvalue weighted by molar-refractivity contribution is 6.30. The molecule has 1 amide bonds. The molecule has 3 aromatic carbocycles. The minimum Gasteiger partial charge on any atom is -0.508 e. The Hall–Kier alpha value is -3.12. The predicted molar refractivity (Wildman–Crippen MR) is 108 cm³/mol. The lowest BCUT2D eigenvalue weighted by molar-refractivity contribution is 0.0829. The first-order chi connectivity index (χ1) is 14.4. The fourth-order valence-electron chi connectivity index (χ4n) is 3.74. The molecule has 1 N–H and O–H groups in total. The molecule has 0 aromatic heterocycles. The average molecular weight is 430 g/mol. The third-order valence-electron chi connectivity index (χ3n) is 5.13. The summed E-state index contributed by atoms with van der Waals surface area (Å²) in [5.41, 5.74) is 1.63. The number of amides is 1. The topological polar surface area (TPSA) is 49.8 Å². The van der Waals surface area contributed by atoms with Crippen molar-refractivity contribution in [2.24, 2.45) is 0 Å². The summed E-state index contributed by atoms with van der Waals surface area (Å²) >= 11 is 6.10. The Labute approximate surface area is 177 Å². The van der Waals surface area contributed by atoms with Crippen molar-refractivity contribution in [1.82, 2.24) is 4.90 Å². The molecule has 0 saturated heterocycles. The van der Waals surface area contributed by atoms with Gasteiger partial charge in [-0.05, 0) is 47.4 Å². The first kappa shape index (κ1) is 20.2. The molecule has 1 aliphatic heterocycles. The van der Waals surface area contributed by atoms with Gasteiger partial charge in [0.15, 0.2) is 0 Å². The van der Waals surface area contributed by atoms with Crippen LogP contribution in [0.5, 0.6) is 5.75 Å². The van der Waals surface area contributed by atoms with Crippen molar-refractivity contribution in [3.8, 4) is 5.75 Å². The molecule has 4 nitrogen and oxygen atoms in total. The molecule has 154 valence electrons. The normalized spacial score (nSPS) is 15.6. The van der Waals surface area contributed by atoms with Crippen LogP contribution in [-0.4, -0.2) is 22.6 Å². The number of carbonyl (C=O) groups excluding carboxylic acids is 1. The minimum absolute atomic E-state index is 0.0504. The highest BCUT2D eigenvalue weighted by Crippen LogP contribution is 2.41. The molecule has 0 radical (unpaired) electrons. The van der Waals surface area contributed by atoms with E-state index < -0.39 is 23.8 Å². The zero-order chi connectivity index (χ0) is 21.3. The summed E-state index contributed by atoms with van der Waals surface area (Å²) in [6, 6.07) is 14.6. The van der Waals surface area contributed by atoms with Crippen molar-refractivity contribution in [2.45, 2.75) is 19.1 Å². The summed E-state index contributed by atoms with van der Waals surface area (Å²) in [5.74, 6) is -1.59. The van der Waals surface area contributed by atoms with Crippen LogP contribution in [-0.2, 0) is 17.8 Å². The van der Waals surface area contributed by atoms with Gasteiger partial charge in [0, 0.05) is 23.2 Å². The van der Waals surface area contributed by atoms with Crippen LogP contribution >= 0.6 is 11.6 Å². The number of carbonyl (C=O) groups is 1. The maximum absolute atomic E-state index is 14.4. The van der Waals surface area contributed by atoms with Crippen LogP contribution in [0.25, 0.3) is 0 Å². The van der Waals surface area contributed by atoms with Gasteiger partial charge >= 0.3 is 6.09 Å². The second-order valence-corrected chi connectivity index (χ2v) is 7.48. The molecule has 1 aliphatic rings. The Kier molecular flexibility index (Phi) is 5.59. The predicted octanol–water partition coefficient (Wildman–Crippen LogP) is 5.61. The van der Waals surface area contributed by atoms with Crippen molar-refractivity contribution < 1.29 is 23.4 Å². The second-order valence-electron chi connectivity index (χ2n) is 7.04. The van der Waals surface area contributed by atoms with Gasteiger partial charge in [-0.2, -0.15) is 0 Å². The number of halogens is 3. The summed E-state index contributed by atoms with van der Waals surface area (Å²) in [6.45, 7) is 0.189. The molecule has 4 rings (SSSR count). The zero-order valence-electron chi connectivity index (χ0n) is 15.8. The number of nitrogens with zero attached hydrogens (tertiary/aromatic N) is 1. The smallest absolute Gasteiger partial charge is 0.410 e. The van der Waals surface area contributed by atoms with E-state index in [1.54, 1.807) is 0 Å². The van der Waals surface area contributed by atoms with Crippen LogP contribution in [0.4, 0.5) is 13.6 Å². The van der Waals surface area contributed by atoms with Gasteiger partial charge in [0.2, 0.25) is 0 Å². The molecule has 0 fully saturated rings. The molecule has 0 saturated carbocycles. The second kappa shape index (κ2) is 8.32. The number of hydrogen-bond donors (Lipinski definition) is 1. The lowest BCUT2D eigenvalue weighted by Gasteiger charge is -2.37. The maximum atomic E-state index is 14.4. The van der Waals surface area contributed by atoms with Gasteiger partial charge in [-0.25, -0.2) is 13.6 Å². The van der Waals surface area contributed by atoms with E-state index in [9.17, 15) is 18.7 Å². The van der Waals surface area contributed by atoms with E-state index in [1.807, 2.05) is 30.3 Å². The Bertz CT molecular complexity index is 1090. The molecular weight excluding hydrogens is 412 g/mol. The van der Waals surface area contributed by atoms with E-state index in [2.05, 4.69) is 0 Å². The summed E-state index contributed by atoms with van der Waals surface area (Å²) in [4.78, 5) is 14.3. The number of phenolic OH excluding ortho intramolecular Hbond substituents is 1. The van der Waals surface area contributed by atoms with Gasteiger partial charge in [0.25, 0.3) is 0 Å². The minimum atomic E-state index is -0.944. The lowest BCUT2D eigenvalue weighted by Crippen LogP contribution is -2.41.